The van der Waals surface area contributed by atoms with Gasteiger partial charge in [0.1, 0.15) is 0 Å². The third kappa shape index (κ3) is 5.53. The van der Waals surface area contributed by atoms with Crippen LogP contribution in [0.25, 0.3) is 0 Å². The minimum atomic E-state index is -0.816. The highest BCUT2D eigenvalue weighted by atomic mass is 35.5. The molecule has 1 aromatic carbocycles. The van der Waals surface area contributed by atoms with Crippen LogP contribution >= 0.6 is 11.6 Å². The number of carbonyl (C=O) groups excluding carboxylic acids is 1. The summed E-state index contributed by atoms with van der Waals surface area (Å²) in [6.07, 6.45) is 2.93. The van der Waals surface area contributed by atoms with Gasteiger partial charge in [0.05, 0.1) is 6.10 Å². The summed E-state index contributed by atoms with van der Waals surface area (Å²) in [5.41, 5.74) is 0.618. The number of hydrogen-bond acceptors (Lipinski definition) is 3. The van der Waals surface area contributed by atoms with Gasteiger partial charge in [0.25, 0.3) is 0 Å². The number of urea groups is 1. The van der Waals surface area contributed by atoms with E-state index < -0.39 is 6.10 Å². The minimum absolute atomic E-state index is 0.130. The highest BCUT2D eigenvalue weighted by Gasteiger charge is 2.20. The van der Waals surface area contributed by atoms with E-state index >= 15 is 0 Å². The molecule has 0 aromatic heterocycles. The fourth-order valence-electron chi connectivity index (χ4n) is 2.72. The Balaban J connectivity index is 1.71. The van der Waals surface area contributed by atoms with E-state index in [2.05, 4.69) is 22.1 Å². The average molecular weight is 338 g/mol. The summed E-state index contributed by atoms with van der Waals surface area (Å²) in [5.74, 6) is 0. The summed E-state index contributed by atoms with van der Waals surface area (Å²) in [7, 11) is 0. The third-order valence-electron chi connectivity index (χ3n) is 4.03. The monoisotopic (exact) mass is 337 g/mol. The fourth-order valence-corrected chi connectivity index (χ4v) is 2.99. The number of halogens is 1. The summed E-state index contributed by atoms with van der Waals surface area (Å²) in [6.45, 7) is 6.68. The smallest absolute Gasteiger partial charge is 0.315 e. The van der Waals surface area contributed by atoms with Gasteiger partial charge in [0, 0.05) is 42.8 Å². The van der Waals surface area contributed by atoms with Crippen molar-refractivity contribution in [2.75, 3.05) is 26.2 Å². The van der Waals surface area contributed by atoms with Crippen molar-refractivity contribution in [1.82, 2.24) is 15.5 Å². The lowest BCUT2D eigenvalue weighted by atomic mass is 10.1. The van der Waals surface area contributed by atoms with Gasteiger partial charge in [0.2, 0.25) is 0 Å². The van der Waals surface area contributed by atoms with Crippen molar-refractivity contribution >= 4 is 17.6 Å². The first-order valence-electron chi connectivity index (χ1n) is 7.90. The van der Waals surface area contributed by atoms with Gasteiger partial charge >= 0.3 is 6.03 Å². The quantitative estimate of drug-likeness (QED) is 0.698. The number of benzene rings is 1. The number of carbonyl (C=O) groups is 1. The Morgan fingerprint density at radius 1 is 1.43 bits per heavy atom. The van der Waals surface area contributed by atoms with Gasteiger partial charge in [-0.2, -0.15) is 0 Å². The second-order valence-electron chi connectivity index (χ2n) is 5.76. The molecular weight excluding hydrogens is 314 g/mol. The molecule has 5 nitrogen and oxygen atoms in total. The van der Waals surface area contributed by atoms with Crippen molar-refractivity contribution in [3.8, 4) is 0 Å². The zero-order chi connectivity index (χ0) is 16.7. The highest BCUT2D eigenvalue weighted by molar-refractivity contribution is 6.31. The zero-order valence-corrected chi connectivity index (χ0v) is 13.9. The lowest BCUT2D eigenvalue weighted by molar-refractivity contribution is 0.169. The fraction of sp³-hybridized carbons (Fsp3) is 0.471. The van der Waals surface area contributed by atoms with Crippen LogP contribution in [0, 0.1) is 0 Å². The molecule has 0 aliphatic carbocycles. The molecule has 2 rings (SSSR count). The topological polar surface area (TPSA) is 64.6 Å². The second-order valence-corrected chi connectivity index (χ2v) is 6.16. The molecule has 6 heteroatoms. The molecular formula is C17H24ClN3O2. The number of amides is 2. The normalized spacial score (nSPS) is 17.5. The van der Waals surface area contributed by atoms with Gasteiger partial charge in [-0.25, -0.2) is 4.79 Å². The third-order valence-corrected chi connectivity index (χ3v) is 4.37. The highest BCUT2D eigenvalue weighted by Crippen LogP contribution is 2.21. The van der Waals surface area contributed by atoms with Crippen molar-refractivity contribution in [2.24, 2.45) is 0 Å². The summed E-state index contributed by atoms with van der Waals surface area (Å²) < 4.78 is 0. The van der Waals surface area contributed by atoms with Crippen LogP contribution in [0.2, 0.25) is 5.02 Å². The van der Waals surface area contributed by atoms with Crippen molar-refractivity contribution < 1.29 is 9.90 Å². The Bertz CT molecular complexity index is 530. The van der Waals surface area contributed by atoms with Crippen LogP contribution < -0.4 is 10.6 Å². The Morgan fingerprint density at radius 3 is 2.78 bits per heavy atom. The lowest BCUT2D eigenvalue weighted by Gasteiger charge is -2.31. The molecule has 0 saturated carbocycles. The van der Waals surface area contributed by atoms with E-state index in [1.807, 2.05) is 12.1 Å². The Kier molecular flexibility index (Phi) is 6.89. The molecule has 1 aliphatic heterocycles. The van der Waals surface area contributed by atoms with Gasteiger partial charge in [-0.05, 0) is 18.9 Å². The number of nitrogens with one attached hydrogen (secondary N) is 2. The van der Waals surface area contributed by atoms with Crippen molar-refractivity contribution in [1.29, 1.82) is 0 Å². The number of hydrogen-bond donors (Lipinski definition) is 3. The van der Waals surface area contributed by atoms with Crippen LogP contribution in [-0.2, 0) is 0 Å². The van der Waals surface area contributed by atoms with Crippen LogP contribution in [0.15, 0.2) is 36.9 Å². The standard InChI is InChI=1S/C17H24ClN3O2/c1-2-9-21-10-7-13(8-11-21)20-17(23)19-12-16(22)14-5-3-4-6-15(14)18/h2-6,13,16,22H,1,7-12H2,(H2,19,20,23). The number of nitrogens with zero attached hydrogens (tertiary/aromatic N) is 1. The van der Waals surface area contributed by atoms with Crippen LogP contribution in [0.1, 0.15) is 24.5 Å². The molecule has 1 heterocycles. The van der Waals surface area contributed by atoms with Crippen LogP contribution in [0.3, 0.4) is 0 Å². The molecule has 0 radical (unpaired) electrons. The molecule has 0 spiro atoms. The molecule has 1 aromatic rings. The molecule has 3 N–H and O–H groups in total. The van der Waals surface area contributed by atoms with E-state index in [9.17, 15) is 9.90 Å². The molecule has 1 saturated heterocycles. The van der Waals surface area contributed by atoms with E-state index in [1.54, 1.807) is 18.2 Å². The average Bonchev–Trinajstić information content (AvgIpc) is 2.55. The maximum atomic E-state index is 11.9. The van der Waals surface area contributed by atoms with Crippen molar-refractivity contribution in [3.63, 3.8) is 0 Å². The van der Waals surface area contributed by atoms with Crippen molar-refractivity contribution in [3.05, 3.63) is 47.5 Å². The number of aliphatic hydroxyl groups is 1. The van der Waals surface area contributed by atoms with Gasteiger partial charge in [-0.1, -0.05) is 35.9 Å². The molecule has 23 heavy (non-hydrogen) atoms. The van der Waals surface area contributed by atoms with Crippen molar-refractivity contribution in [2.45, 2.75) is 25.0 Å². The molecule has 1 aliphatic rings. The first kappa shape index (κ1) is 17.8. The predicted molar refractivity (Wildman–Crippen MR) is 92.6 cm³/mol. The summed E-state index contributed by atoms with van der Waals surface area (Å²) in [5, 5.41) is 16.3. The van der Waals surface area contributed by atoms with Crippen LogP contribution in [-0.4, -0.2) is 48.3 Å². The number of likely N-dealkylation sites (tertiary alicyclic amines) is 1. The Labute approximate surface area is 142 Å². The second kappa shape index (κ2) is 8.91. The number of piperidine rings is 1. The van der Waals surface area contributed by atoms with Crippen LogP contribution in [0.4, 0.5) is 4.79 Å². The molecule has 1 fully saturated rings. The summed E-state index contributed by atoms with van der Waals surface area (Å²) in [6, 6.07) is 7.00. The van der Waals surface area contributed by atoms with Gasteiger partial charge < -0.3 is 15.7 Å². The van der Waals surface area contributed by atoms with Gasteiger partial charge in [-0.3, -0.25) is 4.90 Å². The van der Waals surface area contributed by atoms with E-state index in [0.717, 1.165) is 32.5 Å². The van der Waals surface area contributed by atoms with Crippen LogP contribution in [0.5, 0.6) is 0 Å². The lowest BCUT2D eigenvalue weighted by Crippen LogP contribution is -2.48. The van der Waals surface area contributed by atoms with E-state index in [-0.39, 0.29) is 18.6 Å². The maximum absolute atomic E-state index is 11.9. The minimum Gasteiger partial charge on any atom is -0.387 e. The van der Waals surface area contributed by atoms with E-state index in [0.29, 0.717) is 10.6 Å². The largest absolute Gasteiger partial charge is 0.387 e. The predicted octanol–water partition coefficient (Wildman–Crippen LogP) is 2.32. The first-order valence-corrected chi connectivity index (χ1v) is 8.28. The van der Waals surface area contributed by atoms with E-state index in [1.165, 1.54) is 0 Å². The van der Waals surface area contributed by atoms with Gasteiger partial charge in [-0.15, -0.1) is 6.58 Å². The molecule has 0 bridgehead atoms. The molecule has 1 atom stereocenters. The number of aliphatic hydroxyl groups excluding tert-OH is 1. The Morgan fingerprint density at radius 2 is 2.13 bits per heavy atom. The zero-order valence-electron chi connectivity index (χ0n) is 13.2. The maximum Gasteiger partial charge on any atom is 0.315 e. The van der Waals surface area contributed by atoms with Gasteiger partial charge in [0.15, 0.2) is 0 Å². The Hall–Kier alpha value is -1.56. The molecule has 1 unspecified atom stereocenters. The number of rotatable bonds is 6. The SMILES string of the molecule is C=CCN1CCC(NC(=O)NCC(O)c2ccccc2Cl)CC1. The molecule has 2 amide bonds. The summed E-state index contributed by atoms with van der Waals surface area (Å²) in [4.78, 5) is 14.3. The van der Waals surface area contributed by atoms with E-state index in [4.69, 9.17) is 11.6 Å². The molecule has 126 valence electrons. The summed E-state index contributed by atoms with van der Waals surface area (Å²) >= 11 is 6.03. The first-order chi connectivity index (χ1) is 11.1.